The smallest absolute Gasteiger partial charge is 0.261 e. The second-order valence-electron chi connectivity index (χ2n) is 6.02. The Morgan fingerprint density at radius 3 is 3.08 bits per heavy atom. The largest absolute Gasteiger partial charge is 0.368 e. The number of amides is 1. The van der Waals surface area contributed by atoms with Gasteiger partial charge in [-0.2, -0.15) is 4.98 Å². The zero-order valence-electron chi connectivity index (χ0n) is 13.9. The van der Waals surface area contributed by atoms with Crippen LogP contribution in [0.4, 0.5) is 0 Å². The molecule has 0 aliphatic carbocycles. The van der Waals surface area contributed by atoms with Crippen molar-refractivity contribution in [3.8, 4) is 0 Å². The molecule has 3 heterocycles. The molecule has 1 aliphatic heterocycles. The maximum atomic E-state index is 12.4. The molecule has 0 unspecified atom stereocenters. The maximum Gasteiger partial charge on any atom is 0.261 e. The first-order chi connectivity index (χ1) is 12.7. The van der Waals surface area contributed by atoms with Crippen LogP contribution in [0.5, 0.6) is 0 Å². The van der Waals surface area contributed by atoms with Crippen molar-refractivity contribution < 1.29 is 14.1 Å². The minimum absolute atomic E-state index is 0.116. The van der Waals surface area contributed by atoms with E-state index >= 15 is 0 Å². The average molecular weight is 355 g/mol. The number of benzene rings is 1. The van der Waals surface area contributed by atoms with Crippen LogP contribution in [-0.2, 0) is 22.6 Å². The predicted molar refractivity (Wildman–Crippen MR) is 90.1 cm³/mol. The molecule has 0 bridgehead atoms. The Kier molecular flexibility index (Phi) is 4.44. The van der Waals surface area contributed by atoms with Crippen LogP contribution < -0.4 is 10.9 Å². The summed E-state index contributed by atoms with van der Waals surface area (Å²) in [5.41, 5.74) is 0.341. The van der Waals surface area contributed by atoms with E-state index in [0.29, 0.717) is 29.2 Å². The molecule has 0 spiro atoms. The van der Waals surface area contributed by atoms with Gasteiger partial charge in [-0.1, -0.05) is 17.3 Å². The van der Waals surface area contributed by atoms with E-state index in [4.69, 9.17) is 9.26 Å². The van der Waals surface area contributed by atoms with Gasteiger partial charge in [-0.3, -0.25) is 14.2 Å². The topological polar surface area (TPSA) is 112 Å². The van der Waals surface area contributed by atoms with E-state index in [1.165, 1.54) is 10.9 Å². The summed E-state index contributed by atoms with van der Waals surface area (Å²) < 4.78 is 11.9. The third kappa shape index (κ3) is 3.33. The Labute approximate surface area is 148 Å². The quantitative estimate of drug-likeness (QED) is 0.725. The number of carbonyl (C=O) groups excluding carboxylic acids is 1. The zero-order valence-corrected chi connectivity index (χ0v) is 13.9. The van der Waals surface area contributed by atoms with Crippen LogP contribution in [0.2, 0.25) is 0 Å². The highest BCUT2D eigenvalue weighted by molar-refractivity contribution is 5.78. The predicted octanol–water partition coefficient (Wildman–Crippen LogP) is 0.947. The Morgan fingerprint density at radius 1 is 1.35 bits per heavy atom. The van der Waals surface area contributed by atoms with Crippen LogP contribution in [-0.4, -0.2) is 32.2 Å². The second-order valence-corrected chi connectivity index (χ2v) is 6.02. The monoisotopic (exact) mass is 355 g/mol. The van der Waals surface area contributed by atoms with Crippen LogP contribution in [0.3, 0.4) is 0 Å². The lowest BCUT2D eigenvalue weighted by Crippen LogP contribution is -2.32. The van der Waals surface area contributed by atoms with Gasteiger partial charge >= 0.3 is 0 Å². The van der Waals surface area contributed by atoms with Gasteiger partial charge < -0.3 is 14.6 Å². The number of nitrogens with one attached hydrogen (secondary N) is 1. The molecule has 1 aliphatic rings. The summed E-state index contributed by atoms with van der Waals surface area (Å²) in [4.78, 5) is 32.9. The third-order valence-corrected chi connectivity index (χ3v) is 4.18. The molecule has 0 radical (unpaired) electrons. The van der Waals surface area contributed by atoms with Crippen LogP contribution in [0, 0.1) is 0 Å². The van der Waals surface area contributed by atoms with E-state index in [-0.39, 0.29) is 30.7 Å². The van der Waals surface area contributed by atoms with E-state index in [0.717, 1.165) is 12.8 Å². The molecule has 3 aromatic rings. The highest BCUT2D eigenvalue weighted by Crippen LogP contribution is 2.26. The minimum Gasteiger partial charge on any atom is -0.368 e. The summed E-state index contributed by atoms with van der Waals surface area (Å²) in [7, 11) is 0. The van der Waals surface area contributed by atoms with E-state index in [9.17, 15) is 9.59 Å². The van der Waals surface area contributed by atoms with E-state index < -0.39 is 0 Å². The fraction of sp³-hybridized carbons (Fsp3) is 0.353. The molecule has 9 nitrogen and oxygen atoms in total. The number of fused-ring (bicyclic) bond motifs is 1. The molecule has 1 N–H and O–H groups in total. The van der Waals surface area contributed by atoms with Crippen LogP contribution in [0.15, 0.2) is 39.9 Å². The van der Waals surface area contributed by atoms with Crippen molar-refractivity contribution >= 4 is 16.8 Å². The van der Waals surface area contributed by atoms with Gasteiger partial charge in [0.2, 0.25) is 5.91 Å². The van der Waals surface area contributed by atoms with E-state index in [1.54, 1.807) is 18.2 Å². The van der Waals surface area contributed by atoms with Gasteiger partial charge in [0.25, 0.3) is 11.4 Å². The number of para-hydroxylation sites is 1. The summed E-state index contributed by atoms with van der Waals surface area (Å²) in [6.07, 6.45) is 3.03. The zero-order chi connectivity index (χ0) is 17.9. The first-order valence-corrected chi connectivity index (χ1v) is 8.35. The SMILES string of the molecule is O=C(Cn1cnc2ccccc2c1=O)NCc1noc([C@H]2CCCO2)n1. The molecule has 1 fully saturated rings. The normalized spacial score (nSPS) is 16.8. The molecule has 26 heavy (non-hydrogen) atoms. The highest BCUT2D eigenvalue weighted by Gasteiger charge is 2.23. The van der Waals surface area contributed by atoms with Crippen LogP contribution in [0.25, 0.3) is 10.9 Å². The van der Waals surface area contributed by atoms with Crippen molar-refractivity contribution in [2.24, 2.45) is 0 Å². The molecule has 0 saturated carbocycles. The lowest BCUT2D eigenvalue weighted by Gasteiger charge is -2.06. The molecule has 1 amide bonds. The Hall–Kier alpha value is -3.07. The van der Waals surface area contributed by atoms with Crippen molar-refractivity contribution in [2.75, 3.05) is 6.61 Å². The van der Waals surface area contributed by atoms with Crippen molar-refractivity contribution in [1.82, 2.24) is 25.0 Å². The van der Waals surface area contributed by atoms with Gasteiger partial charge in [0, 0.05) is 6.61 Å². The molecular weight excluding hydrogens is 338 g/mol. The van der Waals surface area contributed by atoms with Gasteiger partial charge in [0.1, 0.15) is 12.6 Å². The second kappa shape index (κ2) is 7.04. The van der Waals surface area contributed by atoms with Gasteiger partial charge in [-0.05, 0) is 25.0 Å². The molecule has 9 heteroatoms. The number of aromatic nitrogens is 4. The fourth-order valence-electron chi connectivity index (χ4n) is 2.85. The summed E-state index contributed by atoms with van der Waals surface area (Å²) in [6, 6.07) is 7.01. The number of nitrogens with zero attached hydrogens (tertiary/aromatic N) is 4. The standard InChI is InChI=1S/C17H17N5O4/c23-15(9-22-10-19-12-5-2-1-4-11(12)17(22)24)18-8-14-20-16(26-21-14)13-6-3-7-25-13/h1-2,4-5,10,13H,3,6-9H2,(H,18,23)/t13-/m1/s1. The lowest BCUT2D eigenvalue weighted by molar-refractivity contribution is -0.121. The third-order valence-electron chi connectivity index (χ3n) is 4.18. The Bertz CT molecular complexity index is 990. The minimum atomic E-state index is -0.340. The summed E-state index contributed by atoms with van der Waals surface area (Å²) in [6.45, 7) is 0.672. The van der Waals surface area contributed by atoms with Gasteiger partial charge in [-0.25, -0.2) is 4.98 Å². The maximum absolute atomic E-state index is 12.4. The number of ether oxygens (including phenoxy) is 1. The molecule has 1 atom stereocenters. The van der Waals surface area contributed by atoms with Gasteiger partial charge in [0.15, 0.2) is 5.82 Å². The molecule has 134 valence electrons. The Morgan fingerprint density at radius 2 is 2.23 bits per heavy atom. The van der Waals surface area contributed by atoms with Gasteiger partial charge in [-0.15, -0.1) is 0 Å². The van der Waals surface area contributed by atoms with Crippen molar-refractivity contribution in [2.45, 2.75) is 32.0 Å². The van der Waals surface area contributed by atoms with Crippen LogP contribution in [0.1, 0.15) is 30.7 Å². The first kappa shape index (κ1) is 16.4. The van der Waals surface area contributed by atoms with Crippen LogP contribution >= 0.6 is 0 Å². The van der Waals surface area contributed by atoms with Gasteiger partial charge in [0.05, 0.1) is 23.8 Å². The summed E-state index contributed by atoms with van der Waals surface area (Å²) >= 11 is 0. The summed E-state index contributed by atoms with van der Waals surface area (Å²) in [5.74, 6) is 0.460. The van der Waals surface area contributed by atoms with Crippen molar-refractivity contribution in [3.63, 3.8) is 0 Å². The first-order valence-electron chi connectivity index (χ1n) is 8.35. The van der Waals surface area contributed by atoms with Crippen molar-refractivity contribution in [1.29, 1.82) is 0 Å². The molecular formula is C17H17N5O4. The molecule has 1 aromatic carbocycles. The number of hydrogen-bond acceptors (Lipinski definition) is 7. The molecule has 2 aromatic heterocycles. The summed E-state index contributed by atoms with van der Waals surface area (Å²) in [5, 5.41) is 6.99. The average Bonchev–Trinajstić information content (AvgIpc) is 3.34. The van der Waals surface area contributed by atoms with Crippen molar-refractivity contribution in [3.05, 3.63) is 52.7 Å². The number of carbonyl (C=O) groups is 1. The fourth-order valence-corrected chi connectivity index (χ4v) is 2.85. The van der Waals surface area contributed by atoms with E-state index in [2.05, 4.69) is 20.4 Å². The Balaban J connectivity index is 1.38. The number of hydrogen-bond donors (Lipinski definition) is 1. The number of rotatable bonds is 5. The molecule has 4 rings (SSSR count). The molecule has 1 saturated heterocycles. The van der Waals surface area contributed by atoms with E-state index in [1.807, 2.05) is 6.07 Å². The highest BCUT2D eigenvalue weighted by atomic mass is 16.5. The lowest BCUT2D eigenvalue weighted by atomic mass is 10.2.